The molecule has 3 aromatic rings. The topological polar surface area (TPSA) is 90.3 Å². The van der Waals surface area contributed by atoms with Crippen LogP contribution in [0.25, 0.3) is 11.4 Å². The van der Waals surface area contributed by atoms with Crippen molar-refractivity contribution in [3.63, 3.8) is 0 Å². The molecule has 1 aromatic heterocycles. The Bertz CT molecular complexity index is 1160. The van der Waals surface area contributed by atoms with E-state index in [4.69, 9.17) is 9.47 Å². The number of carbonyl (C=O) groups is 1. The molecule has 33 heavy (non-hydrogen) atoms. The maximum Gasteiger partial charge on any atom is 0.416 e. The molecule has 11 heteroatoms. The minimum Gasteiger partial charge on any atom is -0.486 e. The molecule has 0 unspecified atom stereocenters. The fraction of sp³-hybridized carbons (Fsp3) is 0.318. The van der Waals surface area contributed by atoms with Crippen LogP contribution in [0.1, 0.15) is 19.4 Å². The summed E-state index contributed by atoms with van der Waals surface area (Å²) in [5.41, 5.74) is -0.0150. The third kappa shape index (κ3) is 5.36. The quantitative estimate of drug-likeness (QED) is 0.577. The summed E-state index contributed by atoms with van der Waals surface area (Å²) in [5, 5.41) is 9.89. The molecule has 1 amide bonds. The van der Waals surface area contributed by atoms with E-state index in [2.05, 4.69) is 20.7 Å². The molecule has 2 N–H and O–H groups in total. The van der Waals surface area contributed by atoms with Crippen LogP contribution < -0.4 is 20.1 Å². The largest absolute Gasteiger partial charge is 0.486 e. The van der Waals surface area contributed by atoms with Crippen molar-refractivity contribution in [3.8, 4) is 22.9 Å². The van der Waals surface area contributed by atoms with Gasteiger partial charge in [0.25, 0.3) is 0 Å². The van der Waals surface area contributed by atoms with E-state index >= 15 is 0 Å². The molecule has 2 aromatic carbocycles. The second-order valence-corrected chi connectivity index (χ2v) is 7.70. The Morgan fingerprint density at radius 1 is 1.12 bits per heavy atom. The van der Waals surface area contributed by atoms with Gasteiger partial charge in [-0.15, -0.1) is 5.10 Å². The molecule has 0 saturated carbocycles. The standard InChI is InChI=1S/C22H22F3N5O3/c1-13(2)26-19(31)12-30-20(14-6-7-17-18(10-14)33-9-8-32-17)28-21(29-30)27-16-5-3-4-15(11-16)22(23,24)25/h3-7,10-11,13H,8-9,12H2,1-2H3,(H,26,31)(H,27,29). The zero-order chi connectivity index (χ0) is 23.6. The summed E-state index contributed by atoms with van der Waals surface area (Å²) in [7, 11) is 0. The molecule has 4 rings (SSSR count). The van der Waals surface area contributed by atoms with Gasteiger partial charge in [0.05, 0.1) is 5.56 Å². The molecular weight excluding hydrogens is 439 g/mol. The van der Waals surface area contributed by atoms with Gasteiger partial charge in [0, 0.05) is 17.3 Å². The van der Waals surface area contributed by atoms with Crippen LogP contribution in [-0.4, -0.2) is 39.9 Å². The van der Waals surface area contributed by atoms with Gasteiger partial charge in [-0.3, -0.25) is 4.79 Å². The van der Waals surface area contributed by atoms with Crippen LogP contribution in [0.2, 0.25) is 0 Å². The normalized spacial score (nSPS) is 13.2. The Hall–Kier alpha value is -3.76. The summed E-state index contributed by atoms with van der Waals surface area (Å²) >= 11 is 0. The van der Waals surface area contributed by atoms with E-state index in [1.54, 1.807) is 18.2 Å². The first-order chi connectivity index (χ1) is 15.7. The van der Waals surface area contributed by atoms with Gasteiger partial charge in [0.15, 0.2) is 17.3 Å². The van der Waals surface area contributed by atoms with Crippen molar-refractivity contribution in [2.24, 2.45) is 0 Å². The predicted molar refractivity (Wildman–Crippen MR) is 114 cm³/mol. The van der Waals surface area contributed by atoms with Gasteiger partial charge in [-0.2, -0.15) is 18.2 Å². The van der Waals surface area contributed by atoms with Crippen molar-refractivity contribution in [2.75, 3.05) is 18.5 Å². The number of nitrogens with one attached hydrogen (secondary N) is 2. The molecule has 2 heterocycles. The first-order valence-electron chi connectivity index (χ1n) is 10.3. The van der Waals surface area contributed by atoms with Crippen molar-refractivity contribution in [3.05, 3.63) is 48.0 Å². The third-order valence-electron chi connectivity index (χ3n) is 4.66. The number of hydrogen-bond donors (Lipinski definition) is 2. The predicted octanol–water partition coefficient (Wildman–Crippen LogP) is 4.00. The average molecular weight is 461 g/mol. The van der Waals surface area contributed by atoms with Gasteiger partial charge in [-0.1, -0.05) is 6.07 Å². The fourth-order valence-corrected chi connectivity index (χ4v) is 3.31. The van der Waals surface area contributed by atoms with Crippen LogP contribution in [0.3, 0.4) is 0 Å². The SMILES string of the molecule is CC(C)NC(=O)Cn1nc(Nc2cccc(C(F)(F)F)c2)nc1-c1ccc2c(c1)OCCO2. The Balaban J connectivity index is 1.67. The molecule has 0 radical (unpaired) electrons. The molecule has 8 nitrogen and oxygen atoms in total. The van der Waals surface area contributed by atoms with E-state index in [1.165, 1.54) is 16.8 Å². The maximum atomic E-state index is 13.1. The van der Waals surface area contributed by atoms with Crippen molar-refractivity contribution in [1.82, 2.24) is 20.1 Å². The highest BCUT2D eigenvalue weighted by Gasteiger charge is 2.30. The van der Waals surface area contributed by atoms with Crippen LogP contribution in [0.15, 0.2) is 42.5 Å². The van der Waals surface area contributed by atoms with Crippen LogP contribution >= 0.6 is 0 Å². The van der Waals surface area contributed by atoms with Crippen LogP contribution in [0.5, 0.6) is 11.5 Å². The van der Waals surface area contributed by atoms with Gasteiger partial charge < -0.3 is 20.1 Å². The Morgan fingerprint density at radius 2 is 1.88 bits per heavy atom. The summed E-state index contributed by atoms with van der Waals surface area (Å²) < 4.78 is 51.7. The van der Waals surface area contributed by atoms with Crippen molar-refractivity contribution in [2.45, 2.75) is 32.6 Å². The number of fused-ring (bicyclic) bond motifs is 1. The lowest BCUT2D eigenvalue weighted by Crippen LogP contribution is -2.33. The molecule has 0 fully saturated rings. The highest BCUT2D eigenvalue weighted by atomic mass is 19.4. The molecular formula is C22H22F3N5O3. The minimum absolute atomic E-state index is 0.0524. The van der Waals surface area contributed by atoms with Crippen molar-refractivity contribution >= 4 is 17.5 Å². The van der Waals surface area contributed by atoms with E-state index in [1.807, 2.05) is 13.8 Å². The lowest BCUT2D eigenvalue weighted by atomic mass is 10.2. The maximum absolute atomic E-state index is 13.1. The molecule has 0 spiro atoms. The smallest absolute Gasteiger partial charge is 0.416 e. The fourth-order valence-electron chi connectivity index (χ4n) is 3.31. The third-order valence-corrected chi connectivity index (χ3v) is 4.66. The summed E-state index contributed by atoms with van der Waals surface area (Å²) in [5.74, 6) is 1.25. The molecule has 1 aliphatic heterocycles. The van der Waals surface area contributed by atoms with E-state index in [0.717, 1.165) is 12.1 Å². The second-order valence-electron chi connectivity index (χ2n) is 7.70. The minimum atomic E-state index is -4.48. The Kier molecular flexibility index (Phi) is 6.12. The van der Waals surface area contributed by atoms with E-state index in [-0.39, 0.29) is 30.1 Å². The summed E-state index contributed by atoms with van der Waals surface area (Å²) in [6, 6.07) is 9.86. The lowest BCUT2D eigenvalue weighted by Gasteiger charge is -2.18. The summed E-state index contributed by atoms with van der Waals surface area (Å²) in [4.78, 5) is 16.8. The van der Waals surface area contributed by atoms with Gasteiger partial charge in [0.2, 0.25) is 11.9 Å². The number of halogens is 3. The Labute approximate surface area is 187 Å². The van der Waals surface area contributed by atoms with Crippen LogP contribution in [0.4, 0.5) is 24.8 Å². The highest BCUT2D eigenvalue weighted by Crippen LogP contribution is 2.35. The number of anilines is 2. The number of hydrogen-bond acceptors (Lipinski definition) is 6. The lowest BCUT2D eigenvalue weighted by molar-refractivity contribution is -0.137. The number of carbonyl (C=O) groups excluding carboxylic acids is 1. The van der Waals surface area contributed by atoms with Gasteiger partial charge in [-0.25, -0.2) is 4.68 Å². The number of aromatic nitrogens is 3. The van der Waals surface area contributed by atoms with Crippen LogP contribution in [0, 0.1) is 0 Å². The molecule has 0 saturated heterocycles. The molecule has 0 aliphatic carbocycles. The number of ether oxygens (including phenoxy) is 2. The monoisotopic (exact) mass is 461 g/mol. The average Bonchev–Trinajstić information content (AvgIpc) is 3.14. The van der Waals surface area contributed by atoms with E-state index in [0.29, 0.717) is 36.1 Å². The van der Waals surface area contributed by atoms with Gasteiger partial charge in [0.1, 0.15) is 19.8 Å². The highest BCUT2D eigenvalue weighted by molar-refractivity contribution is 5.77. The summed E-state index contributed by atoms with van der Waals surface area (Å²) in [6.07, 6.45) is -4.48. The molecule has 1 aliphatic rings. The zero-order valence-corrected chi connectivity index (χ0v) is 17.9. The number of benzene rings is 2. The molecule has 0 bridgehead atoms. The Morgan fingerprint density at radius 3 is 2.61 bits per heavy atom. The second kappa shape index (κ2) is 9.00. The number of rotatable bonds is 6. The van der Waals surface area contributed by atoms with Crippen molar-refractivity contribution in [1.29, 1.82) is 0 Å². The summed E-state index contributed by atoms with van der Waals surface area (Å²) in [6.45, 7) is 4.40. The van der Waals surface area contributed by atoms with Crippen molar-refractivity contribution < 1.29 is 27.4 Å². The van der Waals surface area contributed by atoms with E-state index in [9.17, 15) is 18.0 Å². The first kappa shape index (κ1) is 22.4. The first-order valence-corrected chi connectivity index (χ1v) is 10.3. The molecule has 174 valence electrons. The molecule has 0 atom stereocenters. The van der Waals surface area contributed by atoms with Gasteiger partial charge in [-0.05, 0) is 50.2 Å². The number of nitrogens with zero attached hydrogens (tertiary/aromatic N) is 3. The zero-order valence-electron chi connectivity index (χ0n) is 17.9. The number of alkyl halides is 3. The van der Waals surface area contributed by atoms with Gasteiger partial charge >= 0.3 is 6.18 Å². The van der Waals surface area contributed by atoms with E-state index < -0.39 is 11.7 Å². The number of amides is 1. The van der Waals surface area contributed by atoms with Crippen LogP contribution in [-0.2, 0) is 17.5 Å².